The Morgan fingerprint density at radius 3 is 2.56 bits per heavy atom. The maximum Gasteiger partial charge on any atom is 0.329 e. The molecule has 3 amide bonds. The largest absolute Gasteiger partial charge is 0.481 e. The summed E-state index contributed by atoms with van der Waals surface area (Å²) in [5, 5.41) is 11.1. The average Bonchev–Trinajstić information content (AvgIpc) is 2.63. The summed E-state index contributed by atoms with van der Waals surface area (Å²) in [6.45, 7) is 0. The first-order valence-electron chi connectivity index (χ1n) is 5.51. The number of carbonyl (C=O) groups excluding carboxylic acids is 2. The lowest BCUT2D eigenvalue weighted by atomic mass is 10.1. The molecule has 1 aromatic carbocycles. The molecule has 1 aliphatic heterocycles. The summed E-state index contributed by atoms with van der Waals surface area (Å²) in [5.74, 6) is -1.40. The van der Waals surface area contributed by atoms with Crippen LogP contribution >= 0.6 is 0 Å². The molecule has 94 valence electrons. The van der Waals surface area contributed by atoms with Gasteiger partial charge in [-0.05, 0) is 18.6 Å². The summed E-state index contributed by atoms with van der Waals surface area (Å²) in [4.78, 5) is 35.2. The minimum atomic E-state index is -0.991. The minimum absolute atomic E-state index is 0.100. The number of para-hydroxylation sites is 1. The van der Waals surface area contributed by atoms with E-state index in [4.69, 9.17) is 5.11 Å². The SMILES string of the molecule is O=C(O)CC[C@@H]1NC(=O)N(c2ccccc2)C1=O. The third-order valence-corrected chi connectivity index (χ3v) is 2.68. The van der Waals surface area contributed by atoms with Gasteiger partial charge in [0.1, 0.15) is 6.04 Å². The lowest BCUT2D eigenvalue weighted by molar-refractivity contribution is -0.137. The number of aliphatic carboxylic acids is 1. The Morgan fingerprint density at radius 2 is 1.94 bits per heavy atom. The number of hydrogen-bond donors (Lipinski definition) is 2. The number of nitrogens with zero attached hydrogens (tertiary/aromatic N) is 1. The van der Waals surface area contributed by atoms with Crippen molar-refractivity contribution in [2.75, 3.05) is 4.90 Å². The Kier molecular flexibility index (Phi) is 3.27. The van der Waals surface area contributed by atoms with Gasteiger partial charge in [-0.25, -0.2) is 9.69 Å². The highest BCUT2D eigenvalue weighted by Gasteiger charge is 2.38. The van der Waals surface area contributed by atoms with E-state index in [0.717, 1.165) is 4.90 Å². The van der Waals surface area contributed by atoms with E-state index in [2.05, 4.69) is 5.32 Å². The van der Waals surface area contributed by atoms with Gasteiger partial charge in [-0.1, -0.05) is 18.2 Å². The highest BCUT2D eigenvalue weighted by Crippen LogP contribution is 2.20. The lowest BCUT2D eigenvalue weighted by Gasteiger charge is -2.12. The molecule has 1 aliphatic rings. The molecule has 0 aromatic heterocycles. The molecule has 0 bridgehead atoms. The summed E-state index contributed by atoms with van der Waals surface area (Å²) < 4.78 is 0. The number of urea groups is 1. The van der Waals surface area contributed by atoms with Gasteiger partial charge >= 0.3 is 12.0 Å². The number of carboxylic acids is 1. The Bertz CT molecular complexity index is 486. The molecule has 0 spiro atoms. The number of rotatable bonds is 4. The van der Waals surface area contributed by atoms with Gasteiger partial charge in [0.15, 0.2) is 0 Å². The van der Waals surface area contributed by atoms with Gasteiger partial charge < -0.3 is 10.4 Å². The Balaban J connectivity index is 2.12. The molecular weight excluding hydrogens is 236 g/mol. The molecule has 6 heteroatoms. The normalized spacial score (nSPS) is 18.9. The van der Waals surface area contributed by atoms with Crippen molar-refractivity contribution >= 4 is 23.6 Å². The van der Waals surface area contributed by atoms with Gasteiger partial charge in [-0.2, -0.15) is 0 Å². The van der Waals surface area contributed by atoms with Gasteiger partial charge in [-0.15, -0.1) is 0 Å². The molecule has 6 nitrogen and oxygen atoms in total. The number of amides is 3. The maximum absolute atomic E-state index is 12.0. The van der Waals surface area contributed by atoms with Crippen LogP contribution in [0.1, 0.15) is 12.8 Å². The molecule has 1 atom stereocenters. The number of nitrogens with one attached hydrogen (secondary N) is 1. The van der Waals surface area contributed by atoms with Gasteiger partial charge in [-0.3, -0.25) is 9.59 Å². The van der Waals surface area contributed by atoms with Crippen LogP contribution in [0.2, 0.25) is 0 Å². The monoisotopic (exact) mass is 248 g/mol. The quantitative estimate of drug-likeness (QED) is 0.777. The highest BCUT2D eigenvalue weighted by atomic mass is 16.4. The van der Waals surface area contributed by atoms with Crippen molar-refractivity contribution in [2.24, 2.45) is 0 Å². The smallest absolute Gasteiger partial charge is 0.329 e. The molecule has 1 heterocycles. The zero-order chi connectivity index (χ0) is 13.1. The summed E-state index contributed by atoms with van der Waals surface area (Å²) >= 11 is 0. The summed E-state index contributed by atoms with van der Waals surface area (Å²) in [7, 11) is 0. The summed E-state index contributed by atoms with van der Waals surface area (Å²) in [6.07, 6.45) is -0.0530. The van der Waals surface area contributed by atoms with E-state index in [9.17, 15) is 14.4 Å². The molecule has 1 aromatic rings. The molecule has 0 radical (unpaired) electrons. The predicted octanol–water partition coefficient (Wildman–Crippen LogP) is 0.976. The van der Waals surface area contributed by atoms with Gasteiger partial charge in [0.2, 0.25) is 0 Å². The Labute approximate surface area is 103 Å². The van der Waals surface area contributed by atoms with Crippen LogP contribution in [0.15, 0.2) is 30.3 Å². The van der Waals surface area contributed by atoms with Gasteiger partial charge in [0.25, 0.3) is 5.91 Å². The topological polar surface area (TPSA) is 86.7 Å². The molecule has 0 aliphatic carbocycles. The Hall–Kier alpha value is -2.37. The van der Waals surface area contributed by atoms with Crippen molar-refractivity contribution in [1.82, 2.24) is 5.32 Å². The van der Waals surface area contributed by atoms with E-state index in [-0.39, 0.29) is 12.8 Å². The number of hydrogen-bond acceptors (Lipinski definition) is 3. The van der Waals surface area contributed by atoms with E-state index in [0.29, 0.717) is 5.69 Å². The number of benzene rings is 1. The van der Waals surface area contributed by atoms with Crippen LogP contribution in [-0.2, 0) is 9.59 Å². The molecule has 0 saturated carbocycles. The van der Waals surface area contributed by atoms with Crippen molar-refractivity contribution in [3.05, 3.63) is 30.3 Å². The van der Waals surface area contributed by atoms with Crippen LogP contribution in [0.3, 0.4) is 0 Å². The van der Waals surface area contributed by atoms with Crippen molar-refractivity contribution in [3.63, 3.8) is 0 Å². The first kappa shape index (κ1) is 12.1. The van der Waals surface area contributed by atoms with E-state index in [1.165, 1.54) is 0 Å². The van der Waals surface area contributed by atoms with Crippen LogP contribution in [0.25, 0.3) is 0 Å². The first-order valence-corrected chi connectivity index (χ1v) is 5.51. The fraction of sp³-hybridized carbons (Fsp3) is 0.250. The fourth-order valence-corrected chi connectivity index (χ4v) is 1.82. The lowest BCUT2D eigenvalue weighted by Crippen LogP contribution is -2.31. The second-order valence-electron chi connectivity index (χ2n) is 3.94. The predicted molar refractivity (Wildman–Crippen MR) is 63.1 cm³/mol. The molecule has 1 saturated heterocycles. The van der Waals surface area contributed by atoms with E-state index < -0.39 is 23.9 Å². The second-order valence-corrected chi connectivity index (χ2v) is 3.94. The van der Waals surface area contributed by atoms with Crippen molar-refractivity contribution in [3.8, 4) is 0 Å². The van der Waals surface area contributed by atoms with Crippen LogP contribution in [0, 0.1) is 0 Å². The zero-order valence-corrected chi connectivity index (χ0v) is 9.50. The van der Waals surface area contributed by atoms with E-state index >= 15 is 0 Å². The van der Waals surface area contributed by atoms with Gasteiger partial charge in [0.05, 0.1) is 5.69 Å². The minimum Gasteiger partial charge on any atom is -0.481 e. The maximum atomic E-state index is 12.0. The van der Waals surface area contributed by atoms with Crippen LogP contribution < -0.4 is 10.2 Å². The zero-order valence-electron chi connectivity index (χ0n) is 9.50. The average molecular weight is 248 g/mol. The summed E-state index contributed by atoms with van der Waals surface area (Å²) in [5.41, 5.74) is 0.484. The first-order chi connectivity index (χ1) is 8.59. The molecule has 1 fully saturated rings. The van der Waals surface area contributed by atoms with Crippen molar-refractivity contribution < 1.29 is 19.5 Å². The molecule has 2 N–H and O–H groups in total. The Morgan fingerprint density at radius 1 is 1.28 bits per heavy atom. The molecular formula is C12H12N2O4. The van der Waals surface area contributed by atoms with E-state index in [1.807, 2.05) is 0 Å². The molecule has 0 unspecified atom stereocenters. The van der Waals surface area contributed by atoms with Crippen LogP contribution in [0.4, 0.5) is 10.5 Å². The van der Waals surface area contributed by atoms with Crippen molar-refractivity contribution in [1.29, 1.82) is 0 Å². The summed E-state index contributed by atoms with van der Waals surface area (Å²) in [6, 6.07) is 7.26. The highest BCUT2D eigenvalue weighted by molar-refractivity contribution is 6.21. The number of imide groups is 1. The molecule has 18 heavy (non-hydrogen) atoms. The number of anilines is 1. The standard InChI is InChI=1S/C12H12N2O4/c15-10(16)7-6-9-11(17)14(12(18)13-9)8-4-2-1-3-5-8/h1-5,9H,6-7H2,(H,13,18)(H,15,16)/t9-/m0/s1. The third kappa shape index (κ3) is 2.32. The molecule has 2 rings (SSSR count). The number of carbonyl (C=O) groups is 3. The third-order valence-electron chi connectivity index (χ3n) is 2.68. The number of carboxylic acid groups (broad SMARTS) is 1. The van der Waals surface area contributed by atoms with Crippen molar-refractivity contribution in [2.45, 2.75) is 18.9 Å². The van der Waals surface area contributed by atoms with Crippen LogP contribution in [0.5, 0.6) is 0 Å². The van der Waals surface area contributed by atoms with E-state index in [1.54, 1.807) is 30.3 Å². The van der Waals surface area contributed by atoms with Crippen LogP contribution in [-0.4, -0.2) is 29.1 Å². The second kappa shape index (κ2) is 4.87. The van der Waals surface area contributed by atoms with Gasteiger partial charge in [0, 0.05) is 6.42 Å². The fourth-order valence-electron chi connectivity index (χ4n) is 1.82.